The van der Waals surface area contributed by atoms with Crippen LogP contribution in [0.4, 0.5) is 0 Å². The summed E-state index contributed by atoms with van der Waals surface area (Å²) in [4.78, 5) is 8.21. The number of nitrogens with one attached hydrogen (secondary N) is 1. The van der Waals surface area contributed by atoms with E-state index in [9.17, 15) is 0 Å². The Labute approximate surface area is 92.0 Å². The zero-order valence-corrected chi connectivity index (χ0v) is 9.58. The molecule has 3 heteroatoms. The highest BCUT2D eigenvalue weighted by Crippen LogP contribution is 1.96. The first-order valence-corrected chi connectivity index (χ1v) is 4.83. The highest BCUT2D eigenvalue weighted by atomic mass is 14.9. The molecule has 0 unspecified atom stereocenters. The zero-order chi connectivity index (χ0) is 11.7. The van der Waals surface area contributed by atoms with Crippen molar-refractivity contribution in [3.63, 3.8) is 0 Å². The predicted octanol–water partition coefficient (Wildman–Crippen LogP) is 2.34. The maximum Gasteiger partial charge on any atom is 0.106 e. The molecule has 0 aromatic rings. The van der Waals surface area contributed by atoms with Crippen molar-refractivity contribution in [3.8, 4) is 0 Å². The molecule has 0 fully saturated rings. The molecule has 3 nitrogen and oxygen atoms in total. The maximum atomic E-state index is 4.14. The Morgan fingerprint density at radius 2 is 2.07 bits per heavy atom. The van der Waals surface area contributed by atoms with Crippen LogP contribution in [-0.4, -0.2) is 25.0 Å². The van der Waals surface area contributed by atoms with Crippen LogP contribution in [0.5, 0.6) is 0 Å². The van der Waals surface area contributed by atoms with Gasteiger partial charge in [-0.1, -0.05) is 19.2 Å². The minimum Gasteiger partial charge on any atom is -0.383 e. The molecule has 82 valence electrons. The second-order valence-electron chi connectivity index (χ2n) is 2.95. The lowest BCUT2D eigenvalue weighted by Gasteiger charge is -2.10. The minimum absolute atomic E-state index is 0.747. The predicted molar refractivity (Wildman–Crippen MR) is 68.6 cm³/mol. The van der Waals surface area contributed by atoms with Gasteiger partial charge in [-0.25, -0.2) is 0 Å². The van der Waals surface area contributed by atoms with Crippen LogP contribution in [0.1, 0.15) is 13.3 Å². The number of rotatable bonds is 7. The summed E-state index contributed by atoms with van der Waals surface area (Å²) in [6.45, 7) is 13.8. The summed E-state index contributed by atoms with van der Waals surface area (Å²) >= 11 is 0. The van der Waals surface area contributed by atoms with Gasteiger partial charge in [-0.2, -0.15) is 0 Å². The molecule has 15 heavy (non-hydrogen) atoms. The molecule has 0 amide bonds. The van der Waals surface area contributed by atoms with E-state index in [1.165, 1.54) is 6.20 Å². The van der Waals surface area contributed by atoms with E-state index in [0.717, 1.165) is 30.1 Å². The second-order valence-corrected chi connectivity index (χ2v) is 2.95. The fourth-order valence-corrected chi connectivity index (χ4v) is 0.996. The van der Waals surface area contributed by atoms with Crippen LogP contribution in [0.3, 0.4) is 0 Å². The van der Waals surface area contributed by atoms with Crippen LogP contribution in [0.25, 0.3) is 0 Å². The van der Waals surface area contributed by atoms with E-state index in [0.29, 0.717) is 0 Å². The average Bonchev–Trinajstić information content (AvgIpc) is 2.25. The van der Waals surface area contributed by atoms with Crippen LogP contribution in [0.2, 0.25) is 0 Å². The Bertz CT molecular complexity index is 298. The van der Waals surface area contributed by atoms with Gasteiger partial charge in [-0.05, 0) is 13.3 Å². The zero-order valence-electron chi connectivity index (χ0n) is 9.58. The highest BCUT2D eigenvalue weighted by molar-refractivity contribution is 6.47. The third kappa shape index (κ3) is 4.96. The number of hydrogen-bond donors (Lipinski definition) is 1. The average molecular weight is 205 g/mol. The van der Waals surface area contributed by atoms with Crippen LogP contribution in [0, 0.1) is 0 Å². The van der Waals surface area contributed by atoms with Crippen molar-refractivity contribution in [1.82, 2.24) is 5.32 Å². The van der Waals surface area contributed by atoms with E-state index in [1.807, 2.05) is 13.0 Å². The van der Waals surface area contributed by atoms with Gasteiger partial charge < -0.3 is 5.32 Å². The molecule has 1 N–H and O–H groups in total. The molecule has 0 atom stereocenters. The Morgan fingerprint density at radius 3 is 2.53 bits per heavy atom. The first-order valence-electron chi connectivity index (χ1n) is 4.83. The van der Waals surface area contributed by atoms with Gasteiger partial charge in [0.25, 0.3) is 0 Å². The van der Waals surface area contributed by atoms with E-state index < -0.39 is 0 Å². The maximum absolute atomic E-state index is 4.14. The van der Waals surface area contributed by atoms with Gasteiger partial charge in [-0.15, -0.1) is 6.58 Å². The SMILES string of the molecule is C=CCCNC(=C)C(=NC=C)C(C)=NC. The molecule has 0 aromatic heterocycles. The van der Waals surface area contributed by atoms with E-state index in [-0.39, 0.29) is 0 Å². The normalized spacial score (nSPS) is 12.1. The molecule has 0 aliphatic rings. The molecule has 0 saturated heterocycles. The summed E-state index contributed by atoms with van der Waals surface area (Å²) in [5.41, 5.74) is 2.35. The lowest BCUT2D eigenvalue weighted by atomic mass is 10.2. The third-order valence-corrected chi connectivity index (χ3v) is 1.87. The molecular formula is C12H19N3. The van der Waals surface area contributed by atoms with Gasteiger partial charge in [0.1, 0.15) is 5.71 Å². The van der Waals surface area contributed by atoms with Gasteiger partial charge in [0.15, 0.2) is 0 Å². The Balaban J connectivity index is 4.51. The standard InChI is InChI=1S/C12H19N3/c1-6-8-9-15-11(4)12(14-7-2)10(3)13-5/h6-7,15H,1-2,4,8-9H2,3,5H3. The number of hydrogen-bond acceptors (Lipinski definition) is 3. The topological polar surface area (TPSA) is 36.8 Å². The van der Waals surface area contributed by atoms with E-state index in [2.05, 4.69) is 35.0 Å². The van der Waals surface area contributed by atoms with Crippen molar-refractivity contribution in [2.24, 2.45) is 9.98 Å². The van der Waals surface area contributed by atoms with Gasteiger partial charge in [0.05, 0.1) is 11.4 Å². The van der Waals surface area contributed by atoms with E-state index >= 15 is 0 Å². The van der Waals surface area contributed by atoms with Crippen LogP contribution >= 0.6 is 0 Å². The lowest BCUT2D eigenvalue weighted by Crippen LogP contribution is -2.25. The van der Waals surface area contributed by atoms with Crippen LogP contribution in [0.15, 0.2) is 47.7 Å². The van der Waals surface area contributed by atoms with Gasteiger partial charge in [-0.3, -0.25) is 9.98 Å². The Kier molecular flexibility index (Phi) is 6.89. The summed E-state index contributed by atoms with van der Waals surface area (Å²) in [6.07, 6.45) is 4.23. The Morgan fingerprint density at radius 1 is 1.40 bits per heavy atom. The molecule has 0 aliphatic heterocycles. The van der Waals surface area contributed by atoms with E-state index in [4.69, 9.17) is 0 Å². The first kappa shape index (κ1) is 13.4. The fourth-order valence-electron chi connectivity index (χ4n) is 0.996. The van der Waals surface area contributed by atoms with Crippen LogP contribution in [-0.2, 0) is 0 Å². The first-order chi connectivity index (χ1) is 7.17. The minimum atomic E-state index is 0.747. The van der Waals surface area contributed by atoms with E-state index in [1.54, 1.807) is 7.05 Å². The molecule has 0 radical (unpaired) electrons. The molecule has 0 spiro atoms. The molecule has 0 rings (SSSR count). The summed E-state index contributed by atoms with van der Waals surface area (Å²) in [6, 6.07) is 0. The third-order valence-electron chi connectivity index (χ3n) is 1.87. The second kappa shape index (κ2) is 7.74. The summed E-state index contributed by atoms with van der Waals surface area (Å²) in [5, 5.41) is 3.16. The molecule has 0 aromatic carbocycles. The lowest BCUT2D eigenvalue weighted by molar-refractivity contribution is 0.835. The summed E-state index contributed by atoms with van der Waals surface area (Å²) in [5.74, 6) is 0. The van der Waals surface area contributed by atoms with Gasteiger partial charge >= 0.3 is 0 Å². The molecule has 0 heterocycles. The molecule has 0 bridgehead atoms. The van der Waals surface area contributed by atoms with Gasteiger partial charge in [0.2, 0.25) is 0 Å². The van der Waals surface area contributed by atoms with Crippen molar-refractivity contribution < 1.29 is 0 Å². The largest absolute Gasteiger partial charge is 0.383 e. The number of nitrogens with zero attached hydrogens (tertiary/aromatic N) is 2. The fraction of sp³-hybridized carbons (Fsp3) is 0.333. The smallest absolute Gasteiger partial charge is 0.106 e. The summed E-state index contributed by atoms with van der Waals surface area (Å²) in [7, 11) is 1.73. The highest BCUT2D eigenvalue weighted by Gasteiger charge is 2.06. The Hall–Kier alpha value is -1.64. The van der Waals surface area contributed by atoms with Crippen molar-refractivity contribution in [1.29, 1.82) is 0 Å². The monoisotopic (exact) mass is 205 g/mol. The van der Waals surface area contributed by atoms with Crippen molar-refractivity contribution in [2.45, 2.75) is 13.3 Å². The molecular weight excluding hydrogens is 186 g/mol. The number of allylic oxidation sites excluding steroid dienone is 1. The molecule has 0 aliphatic carbocycles. The van der Waals surface area contributed by atoms with Crippen LogP contribution < -0.4 is 5.32 Å². The summed E-state index contributed by atoms with van der Waals surface area (Å²) < 4.78 is 0. The number of aliphatic imine (C=N–C) groups is 2. The molecule has 0 saturated carbocycles. The van der Waals surface area contributed by atoms with Crippen molar-refractivity contribution in [2.75, 3.05) is 13.6 Å². The quantitative estimate of drug-likeness (QED) is 0.386. The van der Waals surface area contributed by atoms with Gasteiger partial charge in [0, 0.05) is 19.8 Å². The van der Waals surface area contributed by atoms with Crippen molar-refractivity contribution >= 4 is 11.4 Å². The van der Waals surface area contributed by atoms with Crippen molar-refractivity contribution in [3.05, 3.63) is 37.7 Å².